The van der Waals surface area contributed by atoms with E-state index in [0.29, 0.717) is 30.6 Å². The van der Waals surface area contributed by atoms with Crippen LogP contribution in [-0.2, 0) is 4.74 Å². The fourth-order valence-corrected chi connectivity index (χ4v) is 3.64. The lowest BCUT2D eigenvalue weighted by Gasteiger charge is -2.33. The van der Waals surface area contributed by atoms with E-state index in [0.717, 1.165) is 30.3 Å². The molecule has 1 aliphatic heterocycles. The lowest BCUT2D eigenvalue weighted by atomic mass is 10.1. The third kappa shape index (κ3) is 4.56. The number of hydrogen-bond acceptors (Lipinski definition) is 6. The summed E-state index contributed by atoms with van der Waals surface area (Å²) in [4.78, 5) is 19.4. The van der Waals surface area contributed by atoms with E-state index in [1.165, 1.54) is 0 Å². The Morgan fingerprint density at radius 1 is 1.17 bits per heavy atom. The zero-order chi connectivity index (χ0) is 21.1. The van der Waals surface area contributed by atoms with E-state index >= 15 is 0 Å². The van der Waals surface area contributed by atoms with E-state index < -0.39 is 0 Å². The van der Waals surface area contributed by atoms with Gasteiger partial charge in [-0.2, -0.15) is 0 Å². The minimum Gasteiger partial charge on any atom is -0.465 e. The van der Waals surface area contributed by atoms with Gasteiger partial charge in [0.1, 0.15) is 17.3 Å². The number of aryl methyl sites for hydroxylation is 2. The molecule has 0 spiro atoms. The van der Waals surface area contributed by atoms with Crippen LogP contribution in [0.15, 0.2) is 40.8 Å². The fourth-order valence-electron chi connectivity index (χ4n) is 3.51. The van der Waals surface area contributed by atoms with Gasteiger partial charge in [0.05, 0.1) is 24.9 Å². The second-order valence-corrected chi connectivity index (χ2v) is 7.63. The van der Waals surface area contributed by atoms with Gasteiger partial charge in [-0.25, -0.2) is 9.67 Å². The minimum absolute atomic E-state index is 0.0778. The molecule has 3 aromatic rings. The number of aromatic nitrogens is 3. The van der Waals surface area contributed by atoms with Crippen LogP contribution >= 0.6 is 11.6 Å². The van der Waals surface area contributed by atoms with Gasteiger partial charge >= 0.3 is 0 Å². The van der Waals surface area contributed by atoms with Crippen molar-refractivity contribution in [2.24, 2.45) is 0 Å². The summed E-state index contributed by atoms with van der Waals surface area (Å²) in [6.07, 6.45) is 0. The van der Waals surface area contributed by atoms with Gasteiger partial charge in [0, 0.05) is 24.7 Å². The second kappa shape index (κ2) is 8.99. The van der Waals surface area contributed by atoms with Crippen molar-refractivity contribution in [2.75, 3.05) is 32.8 Å². The molecule has 1 aromatic carbocycles. The van der Waals surface area contributed by atoms with E-state index in [1.54, 1.807) is 23.7 Å². The number of hydrogen-bond donors (Lipinski definition) is 1. The molecule has 1 unspecified atom stereocenters. The zero-order valence-electron chi connectivity index (χ0n) is 17.0. The molecule has 1 saturated heterocycles. The summed E-state index contributed by atoms with van der Waals surface area (Å²) >= 11 is 5.95. The highest BCUT2D eigenvalue weighted by Gasteiger charge is 2.26. The van der Waals surface area contributed by atoms with Gasteiger partial charge in [0.25, 0.3) is 5.91 Å². The molecular formula is C21H24ClN5O3. The number of nitrogens with zero attached hydrogens (tertiary/aromatic N) is 4. The highest BCUT2D eigenvalue weighted by atomic mass is 35.5. The van der Waals surface area contributed by atoms with Crippen molar-refractivity contribution in [1.29, 1.82) is 0 Å². The number of benzene rings is 1. The van der Waals surface area contributed by atoms with E-state index in [-0.39, 0.29) is 17.8 Å². The van der Waals surface area contributed by atoms with Crippen LogP contribution in [0.25, 0.3) is 5.69 Å². The van der Waals surface area contributed by atoms with Crippen LogP contribution in [0.1, 0.15) is 34.0 Å². The maximum atomic E-state index is 12.8. The SMILES string of the molecule is Cc1ccc(C(CNC(=O)c2nc(C)n(-c3ccc(Cl)cc3)n2)N2CCOCC2)o1. The summed E-state index contributed by atoms with van der Waals surface area (Å²) in [6.45, 7) is 6.99. The average Bonchev–Trinajstić information content (AvgIpc) is 3.35. The van der Waals surface area contributed by atoms with Crippen LogP contribution < -0.4 is 5.32 Å². The van der Waals surface area contributed by atoms with Crippen LogP contribution in [0.2, 0.25) is 5.02 Å². The number of rotatable bonds is 6. The van der Waals surface area contributed by atoms with Crippen LogP contribution in [0.4, 0.5) is 0 Å². The average molecular weight is 430 g/mol. The van der Waals surface area contributed by atoms with Crippen LogP contribution in [0, 0.1) is 13.8 Å². The second-order valence-electron chi connectivity index (χ2n) is 7.19. The molecule has 0 saturated carbocycles. The molecule has 8 nitrogen and oxygen atoms in total. The molecule has 0 radical (unpaired) electrons. The summed E-state index contributed by atoms with van der Waals surface area (Å²) in [5.74, 6) is 2.08. The first-order valence-corrected chi connectivity index (χ1v) is 10.2. The highest BCUT2D eigenvalue weighted by Crippen LogP contribution is 2.23. The Labute approximate surface area is 179 Å². The Morgan fingerprint density at radius 3 is 2.57 bits per heavy atom. The Morgan fingerprint density at radius 2 is 1.90 bits per heavy atom. The molecule has 9 heteroatoms. The first-order valence-electron chi connectivity index (χ1n) is 9.87. The Balaban J connectivity index is 1.48. The molecule has 1 atom stereocenters. The summed E-state index contributed by atoms with van der Waals surface area (Å²) in [5, 5.41) is 7.97. The van der Waals surface area contributed by atoms with Gasteiger partial charge in [-0.3, -0.25) is 9.69 Å². The zero-order valence-corrected chi connectivity index (χ0v) is 17.7. The lowest BCUT2D eigenvalue weighted by molar-refractivity contribution is 0.0116. The Kier molecular flexibility index (Phi) is 6.17. The number of carbonyl (C=O) groups is 1. The monoisotopic (exact) mass is 429 g/mol. The number of morpholine rings is 1. The van der Waals surface area contributed by atoms with Crippen LogP contribution in [-0.4, -0.2) is 58.4 Å². The van der Waals surface area contributed by atoms with Gasteiger partial charge in [-0.1, -0.05) is 11.6 Å². The van der Waals surface area contributed by atoms with E-state index in [2.05, 4.69) is 20.3 Å². The summed E-state index contributed by atoms with van der Waals surface area (Å²) in [5.41, 5.74) is 0.792. The molecule has 1 N–H and O–H groups in total. The largest absolute Gasteiger partial charge is 0.465 e. The number of ether oxygens (including phenoxy) is 1. The van der Waals surface area contributed by atoms with Crippen molar-refractivity contribution in [3.63, 3.8) is 0 Å². The third-order valence-corrected chi connectivity index (χ3v) is 5.33. The van der Waals surface area contributed by atoms with Crippen molar-refractivity contribution in [3.8, 4) is 5.69 Å². The number of carbonyl (C=O) groups excluding carboxylic acids is 1. The van der Waals surface area contributed by atoms with E-state index in [9.17, 15) is 4.79 Å². The van der Waals surface area contributed by atoms with Gasteiger partial charge in [0.15, 0.2) is 0 Å². The first kappa shape index (κ1) is 20.6. The molecule has 3 heterocycles. The lowest BCUT2D eigenvalue weighted by Crippen LogP contribution is -2.43. The molecule has 1 fully saturated rings. The molecule has 1 aliphatic rings. The molecule has 1 amide bonds. The first-order chi connectivity index (χ1) is 14.5. The van der Waals surface area contributed by atoms with Crippen LogP contribution in [0.5, 0.6) is 0 Å². The Bertz CT molecular complexity index is 1010. The van der Waals surface area contributed by atoms with Gasteiger partial charge in [0.2, 0.25) is 5.82 Å². The predicted octanol–water partition coefficient (Wildman–Crippen LogP) is 2.93. The number of nitrogens with one attached hydrogen (secondary N) is 1. The van der Waals surface area contributed by atoms with Crippen molar-refractivity contribution in [1.82, 2.24) is 25.0 Å². The van der Waals surface area contributed by atoms with Crippen molar-refractivity contribution >= 4 is 17.5 Å². The third-order valence-electron chi connectivity index (χ3n) is 5.08. The predicted molar refractivity (Wildman–Crippen MR) is 112 cm³/mol. The van der Waals surface area contributed by atoms with E-state index in [4.69, 9.17) is 20.8 Å². The highest BCUT2D eigenvalue weighted by molar-refractivity contribution is 6.30. The number of halogens is 1. The van der Waals surface area contributed by atoms with Crippen molar-refractivity contribution in [2.45, 2.75) is 19.9 Å². The summed E-state index contributed by atoms with van der Waals surface area (Å²) in [6, 6.07) is 11.0. The van der Waals surface area contributed by atoms with Crippen LogP contribution in [0.3, 0.4) is 0 Å². The molecular weight excluding hydrogens is 406 g/mol. The van der Waals surface area contributed by atoms with E-state index in [1.807, 2.05) is 31.2 Å². The number of furan rings is 1. The normalized spacial score (nSPS) is 15.8. The smallest absolute Gasteiger partial charge is 0.291 e. The minimum atomic E-state index is -0.327. The van der Waals surface area contributed by atoms with Gasteiger partial charge in [-0.15, -0.1) is 5.10 Å². The van der Waals surface area contributed by atoms with Gasteiger partial charge in [-0.05, 0) is 50.2 Å². The van der Waals surface area contributed by atoms with Gasteiger partial charge < -0.3 is 14.5 Å². The fraction of sp³-hybridized carbons (Fsp3) is 0.381. The standard InChI is InChI=1S/C21H24ClN5O3/c1-14-3-8-19(30-14)18(26-9-11-29-12-10-26)13-23-21(28)20-24-15(2)27(25-20)17-6-4-16(22)5-7-17/h3-8,18H,9-13H2,1-2H3,(H,23,28). The molecule has 158 valence electrons. The maximum absolute atomic E-state index is 12.8. The quantitative estimate of drug-likeness (QED) is 0.648. The topological polar surface area (TPSA) is 85.4 Å². The maximum Gasteiger partial charge on any atom is 0.291 e. The molecule has 2 aromatic heterocycles. The molecule has 0 bridgehead atoms. The number of amides is 1. The summed E-state index contributed by atoms with van der Waals surface area (Å²) in [7, 11) is 0. The Hall–Kier alpha value is -2.68. The molecule has 4 rings (SSSR count). The van der Waals surface area contributed by atoms with Crippen molar-refractivity contribution in [3.05, 3.63) is 64.6 Å². The molecule has 30 heavy (non-hydrogen) atoms. The molecule has 0 aliphatic carbocycles. The summed E-state index contributed by atoms with van der Waals surface area (Å²) < 4.78 is 12.9. The van der Waals surface area contributed by atoms with Crippen molar-refractivity contribution < 1.29 is 13.9 Å².